The molecule has 0 amide bonds. The Morgan fingerprint density at radius 1 is 1.15 bits per heavy atom. The van der Waals surface area contributed by atoms with Gasteiger partial charge in [0.25, 0.3) is 0 Å². The van der Waals surface area contributed by atoms with Gasteiger partial charge >= 0.3 is 0 Å². The molecule has 0 aliphatic heterocycles. The van der Waals surface area contributed by atoms with Crippen LogP contribution in [0.3, 0.4) is 0 Å². The summed E-state index contributed by atoms with van der Waals surface area (Å²) in [6.07, 6.45) is 1.25. The van der Waals surface area contributed by atoms with Crippen molar-refractivity contribution in [3.63, 3.8) is 0 Å². The van der Waals surface area contributed by atoms with Crippen LogP contribution in [-0.2, 0) is 9.84 Å². The van der Waals surface area contributed by atoms with Gasteiger partial charge in [0, 0.05) is 17.7 Å². The van der Waals surface area contributed by atoms with E-state index in [1.54, 1.807) is 14.2 Å². The van der Waals surface area contributed by atoms with Crippen LogP contribution >= 0.6 is 0 Å². The number of hydrogen-bond donors (Lipinski definition) is 1. The smallest absolute Gasteiger partial charge is 0.149 e. The number of rotatable bonds is 5. The van der Waals surface area contributed by atoms with Gasteiger partial charge in [-0.1, -0.05) is 30.3 Å². The molecule has 5 heteroatoms. The monoisotopic (exact) mass is 293 g/mol. The second-order valence-corrected chi connectivity index (χ2v) is 7.02. The molecule has 1 atom stereocenters. The van der Waals surface area contributed by atoms with Crippen LogP contribution < -0.4 is 10.1 Å². The summed E-state index contributed by atoms with van der Waals surface area (Å²) >= 11 is 0. The van der Waals surface area contributed by atoms with E-state index in [2.05, 4.69) is 5.32 Å². The number of benzene rings is 2. The average molecular weight is 293 g/mol. The lowest BCUT2D eigenvalue weighted by Gasteiger charge is -2.19. The summed E-state index contributed by atoms with van der Waals surface area (Å²) in [5, 5.41) is 5.08. The Morgan fingerprint density at radius 3 is 2.35 bits per heavy atom. The number of ether oxygens (including phenoxy) is 1. The van der Waals surface area contributed by atoms with Crippen LogP contribution in [0.2, 0.25) is 0 Å². The molecule has 0 fully saturated rings. The van der Waals surface area contributed by atoms with Crippen molar-refractivity contribution in [3.05, 3.63) is 42.0 Å². The summed E-state index contributed by atoms with van der Waals surface area (Å²) < 4.78 is 28.5. The average Bonchev–Trinajstić information content (AvgIpc) is 2.42. The molecule has 2 rings (SSSR count). The number of sulfone groups is 1. The minimum atomic E-state index is -3.06. The molecule has 4 nitrogen and oxygen atoms in total. The molecule has 0 saturated heterocycles. The van der Waals surface area contributed by atoms with Gasteiger partial charge in [0.2, 0.25) is 0 Å². The van der Waals surface area contributed by atoms with Gasteiger partial charge in [-0.05, 0) is 24.1 Å². The predicted molar refractivity (Wildman–Crippen MR) is 82.0 cm³/mol. The molecule has 2 aromatic carbocycles. The van der Waals surface area contributed by atoms with Crippen LogP contribution in [-0.4, -0.2) is 34.6 Å². The highest BCUT2D eigenvalue weighted by Crippen LogP contribution is 2.31. The van der Waals surface area contributed by atoms with Gasteiger partial charge in [0.05, 0.1) is 12.9 Å². The Hall–Kier alpha value is -1.59. The fourth-order valence-electron chi connectivity index (χ4n) is 2.41. The summed E-state index contributed by atoms with van der Waals surface area (Å²) in [6.45, 7) is 0. The third-order valence-electron chi connectivity index (χ3n) is 3.33. The Labute approximate surface area is 119 Å². The summed E-state index contributed by atoms with van der Waals surface area (Å²) in [5.41, 5.74) is 0.967. The van der Waals surface area contributed by atoms with Crippen molar-refractivity contribution >= 4 is 20.6 Å². The molecule has 20 heavy (non-hydrogen) atoms. The standard InChI is InChI=1S/C15H19NO3S/c1-16-14(10-20(3,17)18)12-8-9-15(19-2)13-7-5-4-6-11(12)13/h4-9,14,16H,10H2,1-3H3. The van der Waals surface area contributed by atoms with Crippen molar-refractivity contribution in [3.8, 4) is 5.75 Å². The lowest BCUT2D eigenvalue weighted by molar-refractivity contribution is 0.419. The van der Waals surface area contributed by atoms with E-state index in [4.69, 9.17) is 4.74 Å². The van der Waals surface area contributed by atoms with E-state index in [9.17, 15) is 8.42 Å². The Kier molecular flexibility index (Phi) is 4.30. The lowest BCUT2D eigenvalue weighted by atomic mass is 9.99. The minimum absolute atomic E-state index is 0.0693. The molecule has 2 aromatic rings. The molecule has 0 aliphatic rings. The summed E-state index contributed by atoms with van der Waals surface area (Å²) in [6, 6.07) is 11.4. The van der Waals surface area contributed by atoms with Gasteiger partial charge in [0.1, 0.15) is 15.6 Å². The van der Waals surface area contributed by atoms with E-state index < -0.39 is 9.84 Å². The number of nitrogens with one attached hydrogen (secondary N) is 1. The van der Waals surface area contributed by atoms with Gasteiger partial charge in [-0.25, -0.2) is 8.42 Å². The van der Waals surface area contributed by atoms with Crippen molar-refractivity contribution in [2.24, 2.45) is 0 Å². The highest BCUT2D eigenvalue weighted by molar-refractivity contribution is 7.90. The van der Waals surface area contributed by atoms with Crippen molar-refractivity contribution in [1.82, 2.24) is 5.32 Å². The molecular formula is C15H19NO3S. The number of methoxy groups -OCH3 is 1. The van der Waals surface area contributed by atoms with Crippen molar-refractivity contribution in [2.45, 2.75) is 6.04 Å². The van der Waals surface area contributed by atoms with E-state index in [1.165, 1.54) is 6.26 Å². The fourth-order valence-corrected chi connectivity index (χ4v) is 3.36. The molecule has 0 radical (unpaired) electrons. The second kappa shape index (κ2) is 5.81. The van der Waals surface area contributed by atoms with Crippen LogP contribution in [0.5, 0.6) is 5.75 Å². The molecule has 0 aliphatic carbocycles. The van der Waals surface area contributed by atoms with Crippen LogP contribution in [0.25, 0.3) is 10.8 Å². The van der Waals surface area contributed by atoms with Gasteiger partial charge < -0.3 is 10.1 Å². The zero-order valence-electron chi connectivity index (χ0n) is 11.9. The zero-order chi connectivity index (χ0) is 14.8. The Bertz CT molecular complexity index is 710. The van der Waals surface area contributed by atoms with E-state index >= 15 is 0 Å². The summed E-state index contributed by atoms with van der Waals surface area (Å²) in [4.78, 5) is 0. The highest BCUT2D eigenvalue weighted by atomic mass is 32.2. The van der Waals surface area contributed by atoms with Gasteiger partial charge in [-0.2, -0.15) is 0 Å². The molecular weight excluding hydrogens is 274 g/mol. The Balaban J connectivity index is 2.59. The molecule has 1 unspecified atom stereocenters. The first-order valence-corrected chi connectivity index (χ1v) is 8.43. The van der Waals surface area contributed by atoms with Crippen LogP contribution in [0.1, 0.15) is 11.6 Å². The largest absolute Gasteiger partial charge is 0.496 e. The molecule has 0 heterocycles. The third-order valence-corrected chi connectivity index (χ3v) is 4.27. The number of fused-ring (bicyclic) bond motifs is 1. The van der Waals surface area contributed by atoms with Gasteiger partial charge in [-0.3, -0.25) is 0 Å². The van der Waals surface area contributed by atoms with E-state index in [1.807, 2.05) is 36.4 Å². The van der Waals surface area contributed by atoms with Crippen LogP contribution in [0.4, 0.5) is 0 Å². The molecule has 1 N–H and O–H groups in total. The molecule has 0 bridgehead atoms. The SMILES string of the molecule is CNC(CS(C)(=O)=O)c1ccc(OC)c2ccccc12. The lowest BCUT2D eigenvalue weighted by Crippen LogP contribution is -2.24. The van der Waals surface area contributed by atoms with Gasteiger partial charge in [0.15, 0.2) is 0 Å². The Morgan fingerprint density at radius 2 is 1.80 bits per heavy atom. The molecule has 0 spiro atoms. The normalized spacial score (nSPS) is 13.3. The van der Waals surface area contributed by atoms with Crippen molar-refractivity contribution < 1.29 is 13.2 Å². The predicted octanol–water partition coefficient (Wildman–Crippen LogP) is 2.15. The second-order valence-electron chi connectivity index (χ2n) is 4.84. The quantitative estimate of drug-likeness (QED) is 0.918. The first-order chi connectivity index (χ1) is 9.46. The topological polar surface area (TPSA) is 55.4 Å². The third kappa shape index (κ3) is 3.11. The number of hydrogen-bond acceptors (Lipinski definition) is 4. The maximum atomic E-state index is 11.6. The first-order valence-electron chi connectivity index (χ1n) is 6.37. The van der Waals surface area contributed by atoms with E-state index in [0.717, 1.165) is 22.1 Å². The fraction of sp³-hybridized carbons (Fsp3) is 0.333. The van der Waals surface area contributed by atoms with E-state index in [-0.39, 0.29) is 11.8 Å². The van der Waals surface area contributed by atoms with Gasteiger partial charge in [-0.15, -0.1) is 0 Å². The minimum Gasteiger partial charge on any atom is -0.496 e. The van der Waals surface area contributed by atoms with Crippen molar-refractivity contribution in [2.75, 3.05) is 26.2 Å². The molecule has 108 valence electrons. The maximum absolute atomic E-state index is 11.6. The highest BCUT2D eigenvalue weighted by Gasteiger charge is 2.18. The van der Waals surface area contributed by atoms with Crippen LogP contribution in [0.15, 0.2) is 36.4 Å². The molecule has 0 aromatic heterocycles. The maximum Gasteiger partial charge on any atom is 0.149 e. The molecule has 0 saturated carbocycles. The summed E-state index contributed by atoms with van der Waals surface area (Å²) in [5.74, 6) is 0.860. The first kappa shape index (κ1) is 14.8. The zero-order valence-corrected chi connectivity index (χ0v) is 12.7. The summed E-state index contributed by atoms with van der Waals surface area (Å²) in [7, 11) is 0.343. The van der Waals surface area contributed by atoms with Crippen LogP contribution in [0, 0.1) is 0 Å². The van der Waals surface area contributed by atoms with Crippen molar-refractivity contribution in [1.29, 1.82) is 0 Å². The van der Waals surface area contributed by atoms with E-state index in [0.29, 0.717) is 0 Å².